The third-order valence-corrected chi connectivity index (χ3v) is 1.54. The molecule has 0 aliphatic heterocycles. The average Bonchev–Trinajstić information content (AvgIpc) is 2.36. The highest BCUT2D eigenvalue weighted by molar-refractivity contribution is 5.14. The molecular weight excluding hydrogens is 147 g/mol. The summed E-state index contributed by atoms with van der Waals surface area (Å²) in [5, 5.41) is 8.52. The maximum Gasteiger partial charge on any atom is 0.191 e. The minimum Gasteiger partial charge on any atom is -0.396 e. The van der Waals surface area contributed by atoms with Crippen molar-refractivity contribution in [3.8, 4) is 0 Å². The maximum atomic E-state index is 12.4. The van der Waals surface area contributed by atoms with Crippen molar-refractivity contribution in [3.63, 3.8) is 0 Å². The zero-order chi connectivity index (χ0) is 8.27. The molecule has 1 atom stereocenters. The Hall–Kier alpha value is -0.870. The summed E-state index contributed by atoms with van der Waals surface area (Å²) in [7, 11) is 0. The van der Waals surface area contributed by atoms with E-state index in [9.17, 15) is 4.39 Å². The van der Waals surface area contributed by atoms with E-state index in [0.717, 1.165) is 0 Å². The van der Waals surface area contributed by atoms with Gasteiger partial charge in [0.15, 0.2) is 5.95 Å². The van der Waals surface area contributed by atoms with Crippen LogP contribution in [0.2, 0.25) is 0 Å². The Bertz CT molecular complexity index is 224. The van der Waals surface area contributed by atoms with Gasteiger partial charge in [-0.25, -0.2) is 0 Å². The van der Waals surface area contributed by atoms with E-state index in [1.165, 1.54) is 12.3 Å². The van der Waals surface area contributed by atoms with Crippen LogP contribution < -0.4 is 5.73 Å². The maximum absolute atomic E-state index is 12.4. The second kappa shape index (κ2) is 3.50. The Balaban J connectivity index is 2.60. The fraction of sp³-hybridized carbons (Fsp3) is 0.429. The van der Waals surface area contributed by atoms with Crippen molar-refractivity contribution in [1.29, 1.82) is 0 Å². The molecule has 3 nitrogen and oxygen atoms in total. The lowest BCUT2D eigenvalue weighted by atomic mass is 10.1. The van der Waals surface area contributed by atoms with E-state index < -0.39 is 5.95 Å². The largest absolute Gasteiger partial charge is 0.396 e. The average molecular weight is 158 g/mol. The molecular formula is C7H11FN2O. The van der Waals surface area contributed by atoms with Gasteiger partial charge in [-0.3, -0.25) is 0 Å². The number of aliphatic hydroxyl groups excluding tert-OH is 1. The standard InChI is InChI=1S/C7H11FN2O/c8-7-3-5(4-10-7)6(9)1-2-11/h3-4,6,10-11H,1-2,9H2/t6-/m1/s1. The number of hydrogen-bond donors (Lipinski definition) is 3. The van der Waals surface area contributed by atoms with Crippen molar-refractivity contribution in [3.05, 3.63) is 23.8 Å². The van der Waals surface area contributed by atoms with Gasteiger partial charge >= 0.3 is 0 Å². The first kappa shape index (κ1) is 8.23. The summed E-state index contributed by atoms with van der Waals surface area (Å²) < 4.78 is 12.4. The molecule has 0 saturated carbocycles. The Morgan fingerprint density at radius 2 is 2.45 bits per heavy atom. The van der Waals surface area contributed by atoms with Crippen LogP contribution in [0.25, 0.3) is 0 Å². The van der Waals surface area contributed by atoms with Crippen molar-refractivity contribution < 1.29 is 9.50 Å². The van der Waals surface area contributed by atoms with Crippen molar-refractivity contribution >= 4 is 0 Å². The summed E-state index contributed by atoms with van der Waals surface area (Å²) >= 11 is 0. The number of rotatable bonds is 3. The molecule has 0 amide bonds. The van der Waals surface area contributed by atoms with Gasteiger partial charge in [-0.05, 0) is 18.1 Å². The van der Waals surface area contributed by atoms with Crippen molar-refractivity contribution in [2.45, 2.75) is 12.5 Å². The van der Waals surface area contributed by atoms with E-state index in [1.54, 1.807) is 0 Å². The van der Waals surface area contributed by atoms with Crippen molar-refractivity contribution in [1.82, 2.24) is 4.98 Å². The van der Waals surface area contributed by atoms with Crippen molar-refractivity contribution in [2.24, 2.45) is 5.73 Å². The number of aliphatic hydroxyl groups is 1. The van der Waals surface area contributed by atoms with Gasteiger partial charge in [-0.2, -0.15) is 4.39 Å². The van der Waals surface area contributed by atoms with Gasteiger partial charge < -0.3 is 15.8 Å². The smallest absolute Gasteiger partial charge is 0.191 e. The normalized spacial score (nSPS) is 13.4. The van der Waals surface area contributed by atoms with Crippen LogP contribution in [0, 0.1) is 5.95 Å². The minimum absolute atomic E-state index is 0.0218. The van der Waals surface area contributed by atoms with Crippen LogP contribution in [-0.4, -0.2) is 16.7 Å². The molecule has 0 aliphatic rings. The predicted molar refractivity (Wildman–Crippen MR) is 39.4 cm³/mol. The zero-order valence-electron chi connectivity index (χ0n) is 6.05. The molecule has 1 aromatic heterocycles. The van der Waals surface area contributed by atoms with Crippen LogP contribution in [0.3, 0.4) is 0 Å². The fourth-order valence-electron chi connectivity index (χ4n) is 0.902. The molecule has 0 unspecified atom stereocenters. The highest BCUT2D eigenvalue weighted by Gasteiger charge is 2.06. The first-order valence-corrected chi connectivity index (χ1v) is 3.44. The van der Waals surface area contributed by atoms with Crippen LogP contribution in [-0.2, 0) is 0 Å². The zero-order valence-corrected chi connectivity index (χ0v) is 6.05. The van der Waals surface area contributed by atoms with E-state index >= 15 is 0 Å². The molecule has 0 spiro atoms. The first-order valence-electron chi connectivity index (χ1n) is 3.44. The van der Waals surface area contributed by atoms with Crippen LogP contribution >= 0.6 is 0 Å². The summed E-state index contributed by atoms with van der Waals surface area (Å²) in [6.07, 6.45) is 1.97. The molecule has 0 fully saturated rings. The lowest BCUT2D eigenvalue weighted by molar-refractivity contribution is 0.276. The Labute approximate surface area is 64.0 Å². The lowest BCUT2D eigenvalue weighted by Crippen LogP contribution is -2.10. The molecule has 0 bridgehead atoms. The molecule has 0 saturated heterocycles. The summed E-state index contributed by atoms with van der Waals surface area (Å²) in [5.41, 5.74) is 6.26. The van der Waals surface area contributed by atoms with Crippen LogP contribution in [0.15, 0.2) is 12.3 Å². The van der Waals surface area contributed by atoms with Crippen LogP contribution in [0.4, 0.5) is 4.39 Å². The van der Waals surface area contributed by atoms with Gasteiger partial charge in [0.2, 0.25) is 0 Å². The SMILES string of the molecule is N[C@H](CCO)c1c[nH]c(F)c1. The molecule has 11 heavy (non-hydrogen) atoms. The van der Waals surface area contributed by atoms with E-state index in [1.807, 2.05) is 0 Å². The van der Waals surface area contributed by atoms with E-state index in [4.69, 9.17) is 10.8 Å². The molecule has 0 aromatic carbocycles. The van der Waals surface area contributed by atoms with Gasteiger partial charge in [-0.15, -0.1) is 0 Å². The first-order chi connectivity index (χ1) is 5.24. The van der Waals surface area contributed by atoms with E-state index in [0.29, 0.717) is 12.0 Å². The molecule has 62 valence electrons. The number of aromatic nitrogens is 1. The number of hydrogen-bond acceptors (Lipinski definition) is 2. The molecule has 4 heteroatoms. The van der Waals surface area contributed by atoms with Crippen molar-refractivity contribution in [2.75, 3.05) is 6.61 Å². The summed E-state index contributed by atoms with van der Waals surface area (Å²) in [4.78, 5) is 2.38. The fourth-order valence-corrected chi connectivity index (χ4v) is 0.902. The van der Waals surface area contributed by atoms with E-state index in [-0.39, 0.29) is 12.6 Å². The quantitative estimate of drug-likeness (QED) is 0.601. The highest BCUT2D eigenvalue weighted by Crippen LogP contribution is 2.13. The summed E-state index contributed by atoms with van der Waals surface area (Å²) in [6, 6.07) is 1.06. The molecule has 4 N–H and O–H groups in total. The second-order valence-electron chi connectivity index (χ2n) is 2.40. The summed E-state index contributed by atoms with van der Waals surface area (Å²) in [5.74, 6) is -0.395. The third kappa shape index (κ3) is 2.03. The Morgan fingerprint density at radius 1 is 1.73 bits per heavy atom. The van der Waals surface area contributed by atoms with Gasteiger partial charge in [0.05, 0.1) is 0 Å². The number of aromatic amines is 1. The molecule has 1 aromatic rings. The predicted octanol–water partition coefficient (Wildman–Crippen LogP) is 0.536. The van der Waals surface area contributed by atoms with Crippen LogP contribution in [0.5, 0.6) is 0 Å². The van der Waals surface area contributed by atoms with E-state index in [2.05, 4.69) is 4.98 Å². The van der Waals surface area contributed by atoms with Gasteiger partial charge in [0.25, 0.3) is 0 Å². The van der Waals surface area contributed by atoms with Gasteiger partial charge in [0, 0.05) is 18.8 Å². The number of nitrogens with two attached hydrogens (primary N) is 1. The number of H-pyrrole nitrogens is 1. The Morgan fingerprint density at radius 3 is 2.91 bits per heavy atom. The monoisotopic (exact) mass is 158 g/mol. The molecule has 1 heterocycles. The van der Waals surface area contributed by atoms with Gasteiger partial charge in [-0.1, -0.05) is 0 Å². The minimum atomic E-state index is -0.395. The molecule has 0 radical (unpaired) electrons. The topological polar surface area (TPSA) is 62.0 Å². The van der Waals surface area contributed by atoms with Gasteiger partial charge in [0.1, 0.15) is 0 Å². The number of halogens is 1. The molecule has 1 rings (SSSR count). The Kier molecular flexibility index (Phi) is 2.62. The third-order valence-electron chi connectivity index (χ3n) is 1.54. The lowest BCUT2D eigenvalue weighted by Gasteiger charge is -2.05. The highest BCUT2D eigenvalue weighted by atomic mass is 19.1. The molecule has 0 aliphatic carbocycles. The summed E-state index contributed by atoms with van der Waals surface area (Å²) in [6.45, 7) is 0.0218. The second-order valence-corrected chi connectivity index (χ2v) is 2.40. The van der Waals surface area contributed by atoms with Crippen LogP contribution in [0.1, 0.15) is 18.0 Å². The number of nitrogens with one attached hydrogen (secondary N) is 1.